The zero-order valence-corrected chi connectivity index (χ0v) is 18.8. The van der Waals surface area contributed by atoms with Gasteiger partial charge in [0.05, 0.1) is 5.69 Å². The van der Waals surface area contributed by atoms with Gasteiger partial charge in [-0.05, 0) is 57.4 Å². The number of hydrogen-bond acceptors (Lipinski definition) is 3. The molecule has 32 heavy (non-hydrogen) atoms. The van der Waals surface area contributed by atoms with Crippen molar-refractivity contribution in [3.63, 3.8) is 0 Å². The molecule has 2 aromatic carbocycles. The van der Waals surface area contributed by atoms with E-state index >= 15 is 0 Å². The van der Waals surface area contributed by atoms with Gasteiger partial charge in [-0.1, -0.05) is 36.8 Å². The van der Waals surface area contributed by atoms with Crippen LogP contribution in [0.1, 0.15) is 59.7 Å². The van der Waals surface area contributed by atoms with Crippen LogP contribution in [0.5, 0.6) is 0 Å². The van der Waals surface area contributed by atoms with E-state index in [1.54, 1.807) is 29.2 Å². The number of amides is 2. The normalized spacial score (nSPS) is 13.2. The highest BCUT2D eigenvalue weighted by atomic mass is 16.2. The lowest BCUT2D eigenvalue weighted by molar-refractivity contribution is 0.0773. The summed E-state index contributed by atoms with van der Waals surface area (Å²) in [5.41, 5.74) is 3.80. The molecule has 4 rings (SSSR count). The first-order chi connectivity index (χ1) is 15.6. The van der Waals surface area contributed by atoms with Crippen LogP contribution in [-0.2, 0) is 13.0 Å². The number of aromatic nitrogens is 2. The van der Waals surface area contributed by atoms with Gasteiger partial charge in [-0.2, -0.15) is 0 Å². The predicted octanol–water partition coefficient (Wildman–Crippen LogP) is 5.01. The fourth-order valence-corrected chi connectivity index (χ4v) is 4.29. The summed E-state index contributed by atoms with van der Waals surface area (Å²) >= 11 is 0. The zero-order valence-electron chi connectivity index (χ0n) is 18.8. The van der Waals surface area contributed by atoms with Crippen molar-refractivity contribution >= 4 is 17.5 Å². The zero-order chi connectivity index (χ0) is 22.5. The molecule has 0 saturated carbocycles. The molecule has 166 valence electrons. The molecular formula is C26H30N4O2. The largest absolute Gasteiger partial charge is 0.339 e. The van der Waals surface area contributed by atoms with E-state index in [0.29, 0.717) is 30.0 Å². The summed E-state index contributed by atoms with van der Waals surface area (Å²) in [6.45, 7) is 6.15. The topological polar surface area (TPSA) is 67.2 Å². The van der Waals surface area contributed by atoms with E-state index in [-0.39, 0.29) is 11.8 Å². The van der Waals surface area contributed by atoms with E-state index in [1.165, 1.54) is 0 Å². The van der Waals surface area contributed by atoms with Gasteiger partial charge in [0.15, 0.2) is 0 Å². The third-order valence-electron chi connectivity index (χ3n) is 6.06. The van der Waals surface area contributed by atoms with Crippen molar-refractivity contribution in [1.29, 1.82) is 0 Å². The average Bonchev–Trinajstić information content (AvgIpc) is 3.02. The van der Waals surface area contributed by atoms with Gasteiger partial charge in [0.25, 0.3) is 11.8 Å². The highest BCUT2D eigenvalue weighted by molar-refractivity contribution is 6.04. The molecule has 1 aliphatic heterocycles. The molecule has 0 fully saturated rings. The van der Waals surface area contributed by atoms with Gasteiger partial charge in [-0.15, -0.1) is 0 Å². The molecule has 2 amide bonds. The molecule has 6 nitrogen and oxygen atoms in total. The Balaban J connectivity index is 1.59. The minimum absolute atomic E-state index is 0.000185. The second-order valence-electron chi connectivity index (χ2n) is 8.07. The molecule has 0 bridgehead atoms. The van der Waals surface area contributed by atoms with E-state index in [4.69, 9.17) is 4.98 Å². The van der Waals surface area contributed by atoms with Crippen molar-refractivity contribution in [1.82, 2.24) is 14.5 Å². The third kappa shape index (κ3) is 4.44. The molecule has 0 spiro atoms. The molecule has 0 atom stereocenters. The van der Waals surface area contributed by atoms with Gasteiger partial charge in [-0.25, -0.2) is 4.98 Å². The fourth-order valence-electron chi connectivity index (χ4n) is 4.29. The fraction of sp³-hybridized carbons (Fsp3) is 0.346. The minimum atomic E-state index is -0.208. The summed E-state index contributed by atoms with van der Waals surface area (Å²) in [5, 5.41) is 2.98. The van der Waals surface area contributed by atoms with E-state index in [2.05, 4.69) is 9.88 Å². The van der Waals surface area contributed by atoms with Gasteiger partial charge in [-0.3, -0.25) is 9.59 Å². The molecule has 1 aromatic heterocycles. The summed E-state index contributed by atoms with van der Waals surface area (Å²) in [4.78, 5) is 32.3. The first-order valence-corrected chi connectivity index (χ1v) is 11.5. The van der Waals surface area contributed by atoms with Crippen molar-refractivity contribution in [2.45, 2.75) is 46.1 Å². The summed E-state index contributed by atoms with van der Waals surface area (Å²) < 4.78 is 2.21. The van der Waals surface area contributed by atoms with E-state index in [0.717, 1.165) is 49.3 Å². The molecule has 0 radical (unpaired) electrons. The van der Waals surface area contributed by atoms with Crippen molar-refractivity contribution < 1.29 is 9.59 Å². The number of hydrogen-bond donors (Lipinski definition) is 1. The Kier molecular flexibility index (Phi) is 6.69. The maximum absolute atomic E-state index is 13.2. The smallest absolute Gasteiger partial charge is 0.276 e. The van der Waals surface area contributed by atoms with Crippen LogP contribution in [-0.4, -0.2) is 39.4 Å². The Labute approximate surface area is 189 Å². The summed E-state index contributed by atoms with van der Waals surface area (Å²) in [6, 6.07) is 17.1. The molecule has 2 heterocycles. The minimum Gasteiger partial charge on any atom is -0.339 e. The lowest BCUT2D eigenvalue weighted by atomic mass is 10.1. The number of carbonyl (C=O) groups is 2. The Morgan fingerprint density at radius 2 is 1.69 bits per heavy atom. The number of anilines is 1. The van der Waals surface area contributed by atoms with Crippen molar-refractivity contribution in [3.8, 4) is 11.4 Å². The molecular weight excluding hydrogens is 400 g/mol. The SMILES string of the molecule is CCN(CC)C(=O)c1ccc(NC(=O)c2nc(-c3ccccc3)n3c2CCCCC3)cc1. The first-order valence-electron chi connectivity index (χ1n) is 11.5. The number of rotatable bonds is 6. The highest BCUT2D eigenvalue weighted by Gasteiger charge is 2.24. The van der Waals surface area contributed by atoms with Gasteiger partial charge >= 0.3 is 0 Å². The number of nitrogens with one attached hydrogen (secondary N) is 1. The summed E-state index contributed by atoms with van der Waals surface area (Å²) in [5.74, 6) is 0.647. The van der Waals surface area contributed by atoms with E-state index in [9.17, 15) is 9.59 Å². The van der Waals surface area contributed by atoms with E-state index in [1.807, 2.05) is 44.2 Å². The lowest BCUT2D eigenvalue weighted by Gasteiger charge is -2.18. The standard InChI is InChI=1S/C26H30N4O2/c1-3-29(4-2)26(32)20-14-16-21(17-15-20)27-25(31)23-22-13-9-6-10-18-30(22)24(28-23)19-11-7-5-8-12-19/h5,7-8,11-12,14-17H,3-4,6,9-10,13,18H2,1-2H3,(H,27,31). The van der Waals surface area contributed by atoms with Crippen LogP contribution in [0.3, 0.4) is 0 Å². The Morgan fingerprint density at radius 3 is 2.38 bits per heavy atom. The Bertz CT molecular complexity index is 1080. The number of benzene rings is 2. The average molecular weight is 431 g/mol. The second kappa shape index (κ2) is 9.81. The molecule has 1 aliphatic rings. The second-order valence-corrected chi connectivity index (χ2v) is 8.07. The van der Waals surface area contributed by atoms with Gasteiger partial charge in [0.1, 0.15) is 11.5 Å². The number of imidazole rings is 1. The summed E-state index contributed by atoms with van der Waals surface area (Å²) in [7, 11) is 0. The van der Waals surface area contributed by atoms with Crippen LogP contribution in [0.15, 0.2) is 54.6 Å². The van der Waals surface area contributed by atoms with Gasteiger partial charge < -0.3 is 14.8 Å². The first kappa shape index (κ1) is 21.8. The van der Waals surface area contributed by atoms with Crippen LogP contribution in [0.4, 0.5) is 5.69 Å². The third-order valence-corrected chi connectivity index (χ3v) is 6.06. The summed E-state index contributed by atoms with van der Waals surface area (Å²) in [6.07, 6.45) is 4.15. The van der Waals surface area contributed by atoms with Crippen LogP contribution < -0.4 is 5.32 Å². The maximum atomic E-state index is 13.2. The monoisotopic (exact) mass is 430 g/mol. The molecule has 6 heteroatoms. The quantitative estimate of drug-likeness (QED) is 0.598. The highest BCUT2D eigenvalue weighted by Crippen LogP contribution is 2.27. The number of carbonyl (C=O) groups excluding carboxylic acids is 2. The molecule has 0 saturated heterocycles. The van der Waals surface area contributed by atoms with Gasteiger partial charge in [0.2, 0.25) is 0 Å². The van der Waals surface area contributed by atoms with E-state index < -0.39 is 0 Å². The van der Waals surface area contributed by atoms with Crippen molar-refractivity contribution in [2.75, 3.05) is 18.4 Å². The maximum Gasteiger partial charge on any atom is 0.276 e. The molecule has 3 aromatic rings. The number of fused-ring (bicyclic) bond motifs is 1. The number of nitrogens with zero attached hydrogens (tertiary/aromatic N) is 3. The Morgan fingerprint density at radius 1 is 0.969 bits per heavy atom. The van der Waals surface area contributed by atoms with Gasteiger partial charge in [0, 0.05) is 36.4 Å². The van der Waals surface area contributed by atoms with Crippen LogP contribution in [0, 0.1) is 0 Å². The lowest BCUT2D eigenvalue weighted by Crippen LogP contribution is -2.30. The van der Waals surface area contributed by atoms with Crippen molar-refractivity contribution in [3.05, 3.63) is 71.5 Å². The van der Waals surface area contributed by atoms with Crippen LogP contribution in [0.25, 0.3) is 11.4 Å². The molecule has 0 unspecified atom stereocenters. The molecule has 1 N–H and O–H groups in total. The Hall–Kier alpha value is -3.41. The predicted molar refractivity (Wildman–Crippen MR) is 127 cm³/mol. The molecule has 0 aliphatic carbocycles. The van der Waals surface area contributed by atoms with Crippen molar-refractivity contribution in [2.24, 2.45) is 0 Å². The van der Waals surface area contributed by atoms with Crippen LogP contribution in [0.2, 0.25) is 0 Å². The van der Waals surface area contributed by atoms with Crippen LogP contribution >= 0.6 is 0 Å².